The van der Waals surface area contributed by atoms with E-state index >= 15 is 0 Å². The van der Waals surface area contributed by atoms with Gasteiger partial charge in [0.1, 0.15) is 5.39 Å². The number of anilines is 1. The lowest BCUT2D eigenvalue weighted by atomic mass is 10.0. The summed E-state index contributed by atoms with van der Waals surface area (Å²) in [5.41, 5.74) is 3.50. The number of nitrogens with zero attached hydrogens (tertiary/aromatic N) is 4. The van der Waals surface area contributed by atoms with Crippen LogP contribution >= 0.6 is 0 Å². The van der Waals surface area contributed by atoms with E-state index in [1.165, 1.54) is 17.1 Å². The van der Waals surface area contributed by atoms with Gasteiger partial charge in [-0.15, -0.1) is 0 Å². The average Bonchev–Trinajstić information content (AvgIpc) is 3.03. The lowest BCUT2D eigenvalue weighted by molar-refractivity contribution is -0.116. The molecule has 0 saturated carbocycles. The minimum absolute atomic E-state index is 0.112. The van der Waals surface area contributed by atoms with Crippen LogP contribution in [0.1, 0.15) is 31.4 Å². The number of aromatic nitrogens is 4. The summed E-state index contributed by atoms with van der Waals surface area (Å²) in [5, 5.41) is 7.53. The highest BCUT2D eigenvalue weighted by Crippen LogP contribution is 2.22. The molecule has 0 fully saturated rings. The Bertz CT molecular complexity index is 981. The molecule has 7 heteroatoms. The number of nitrogens with one attached hydrogen (secondary N) is 1. The predicted octanol–water partition coefficient (Wildman–Crippen LogP) is 2.28. The van der Waals surface area contributed by atoms with Gasteiger partial charge in [0.05, 0.1) is 12.5 Å². The van der Waals surface area contributed by atoms with Crippen LogP contribution in [0.3, 0.4) is 0 Å². The van der Waals surface area contributed by atoms with E-state index in [1.807, 2.05) is 18.2 Å². The third-order valence-electron chi connectivity index (χ3n) is 4.56. The van der Waals surface area contributed by atoms with Crippen molar-refractivity contribution in [1.82, 2.24) is 19.3 Å². The lowest BCUT2D eigenvalue weighted by Crippen LogP contribution is -2.24. The van der Waals surface area contributed by atoms with Crippen molar-refractivity contribution < 1.29 is 4.79 Å². The monoisotopic (exact) mass is 353 g/mol. The summed E-state index contributed by atoms with van der Waals surface area (Å²) in [7, 11) is 1.74. The van der Waals surface area contributed by atoms with Crippen molar-refractivity contribution in [2.75, 3.05) is 5.32 Å². The van der Waals surface area contributed by atoms with Crippen molar-refractivity contribution in [2.24, 2.45) is 7.05 Å². The van der Waals surface area contributed by atoms with Gasteiger partial charge >= 0.3 is 0 Å². The van der Waals surface area contributed by atoms with Crippen LogP contribution in [0.2, 0.25) is 0 Å². The van der Waals surface area contributed by atoms with Gasteiger partial charge in [-0.3, -0.25) is 18.8 Å². The van der Waals surface area contributed by atoms with E-state index in [9.17, 15) is 9.59 Å². The molecule has 2 heterocycles. The van der Waals surface area contributed by atoms with Crippen LogP contribution in [0.4, 0.5) is 5.69 Å². The number of hydrogen-bond acceptors (Lipinski definition) is 4. The van der Waals surface area contributed by atoms with Crippen molar-refractivity contribution in [1.29, 1.82) is 0 Å². The molecule has 0 aliphatic carbocycles. The van der Waals surface area contributed by atoms with Crippen molar-refractivity contribution >= 4 is 22.6 Å². The van der Waals surface area contributed by atoms with Crippen LogP contribution in [0.15, 0.2) is 35.5 Å². The molecule has 0 unspecified atom stereocenters. The summed E-state index contributed by atoms with van der Waals surface area (Å²) < 4.78 is 3.01. The third-order valence-corrected chi connectivity index (χ3v) is 4.56. The highest BCUT2D eigenvalue weighted by molar-refractivity contribution is 5.92. The maximum atomic E-state index is 12.5. The fraction of sp³-hybridized carbons (Fsp3) is 0.368. The fourth-order valence-corrected chi connectivity index (χ4v) is 3.05. The quantitative estimate of drug-likeness (QED) is 0.737. The van der Waals surface area contributed by atoms with E-state index < -0.39 is 0 Å². The number of amides is 1. The van der Waals surface area contributed by atoms with Gasteiger partial charge < -0.3 is 5.32 Å². The molecule has 0 aliphatic heterocycles. The molecular weight excluding hydrogens is 330 g/mol. The van der Waals surface area contributed by atoms with E-state index in [0.29, 0.717) is 11.0 Å². The van der Waals surface area contributed by atoms with Crippen LogP contribution in [0.25, 0.3) is 11.0 Å². The second kappa shape index (κ2) is 7.51. The Hall–Kier alpha value is -2.96. The van der Waals surface area contributed by atoms with Gasteiger partial charge in [-0.25, -0.2) is 4.98 Å². The molecule has 3 rings (SSSR count). The molecule has 0 bridgehead atoms. The first-order valence-electron chi connectivity index (χ1n) is 8.82. The summed E-state index contributed by atoms with van der Waals surface area (Å²) in [5.74, 6) is -0.112. The van der Waals surface area contributed by atoms with Crippen molar-refractivity contribution in [3.05, 3.63) is 52.2 Å². The number of carbonyl (C=O) groups is 1. The maximum Gasteiger partial charge on any atom is 0.264 e. The van der Waals surface area contributed by atoms with Gasteiger partial charge in [0.25, 0.3) is 5.56 Å². The second-order valence-electron chi connectivity index (χ2n) is 6.21. The molecular formula is C19H23N5O2. The molecule has 0 spiro atoms. The maximum absolute atomic E-state index is 12.5. The topological polar surface area (TPSA) is 81.8 Å². The Kier molecular flexibility index (Phi) is 5.16. The molecule has 1 amide bonds. The summed E-state index contributed by atoms with van der Waals surface area (Å²) in [6.45, 7) is 4.41. The lowest BCUT2D eigenvalue weighted by Gasteiger charge is -2.14. The number of para-hydroxylation sites is 1. The molecule has 7 nitrogen and oxygen atoms in total. The molecule has 0 atom stereocenters. The normalized spacial score (nSPS) is 11.0. The Morgan fingerprint density at radius 1 is 1.19 bits per heavy atom. The highest BCUT2D eigenvalue weighted by atomic mass is 16.2. The second-order valence-corrected chi connectivity index (χ2v) is 6.21. The molecule has 1 N–H and O–H groups in total. The predicted molar refractivity (Wildman–Crippen MR) is 101 cm³/mol. The zero-order chi connectivity index (χ0) is 18.7. The first-order chi connectivity index (χ1) is 12.5. The minimum Gasteiger partial charge on any atom is -0.326 e. The molecule has 0 aliphatic rings. The summed E-state index contributed by atoms with van der Waals surface area (Å²) in [6.07, 6.45) is 4.88. The van der Waals surface area contributed by atoms with Gasteiger partial charge in [0, 0.05) is 25.7 Å². The van der Waals surface area contributed by atoms with Gasteiger partial charge in [0.2, 0.25) is 5.91 Å². The van der Waals surface area contributed by atoms with Crippen molar-refractivity contribution in [3.63, 3.8) is 0 Å². The van der Waals surface area contributed by atoms with Crippen LogP contribution in [0.5, 0.6) is 0 Å². The largest absolute Gasteiger partial charge is 0.326 e. The smallest absolute Gasteiger partial charge is 0.264 e. The van der Waals surface area contributed by atoms with E-state index in [4.69, 9.17) is 0 Å². The van der Waals surface area contributed by atoms with E-state index in [1.54, 1.807) is 11.7 Å². The van der Waals surface area contributed by atoms with Crippen LogP contribution < -0.4 is 10.9 Å². The number of aryl methyl sites for hydroxylation is 4. The van der Waals surface area contributed by atoms with Gasteiger partial charge in [-0.1, -0.05) is 32.0 Å². The van der Waals surface area contributed by atoms with E-state index in [0.717, 1.165) is 29.7 Å². The molecule has 1 aromatic carbocycles. The zero-order valence-electron chi connectivity index (χ0n) is 15.3. The first-order valence-corrected chi connectivity index (χ1v) is 8.82. The van der Waals surface area contributed by atoms with Gasteiger partial charge in [-0.05, 0) is 24.0 Å². The minimum atomic E-state index is -0.181. The van der Waals surface area contributed by atoms with E-state index in [-0.39, 0.29) is 24.4 Å². The Balaban J connectivity index is 1.74. The zero-order valence-corrected chi connectivity index (χ0v) is 15.3. The van der Waals surface area contributed by atoms with Gasteiger partial charge in [0.15, 0.2) is 5.65 Å². The highest BCUT2D eigenvalue weighted by Gasteiger charge is 2.12. The first kappa shape index (κ1) is 17.8. The molecule has 0 saturated heterocycles. The number of benzene rings is 1. The summed E-state index contributed by atoms with van der Waals surface area (Å²) in [6, 6.07) is 6.07. The number of hydrogen-bond donors (Lipinski definition) is 1. The standard InChI is InChI=1S/C19H23N5O2/c1-4-13-7-6-8-14(5-2)17(13)22-16(25)9-10-24-12-20-18-15(19(24)26)11-21-23(18)3/h6-8,11-12H,4-5,9-10H2,1-3H3,(H,22,25). The van der Waals surface area contributed by atoms with Crippen LogP contribution in [-0.2, 0) is 31.2 Å². The Morgan fingerprint density at radius 2 is 1.88 bits per heavy atom. The van der Waals surface area contributed by atoms with Crippen molar-refractivity contribution in [2.45, 2.75) is 39.7 Å². The molecule has 136 valence electrons. The Labute approximate surface area is 151 Å². The molecule has 0 radical (unpaired) electrons. The van der Waals surface area contributed by atoms with Crippen LogP contribution in [-0.4, -0.2) is 25.2 Å². The van der Waals surface area contributed by atoms with Gasteiger partial charge in [-0.2, -0.15) is 5.10 Å². The molecule has 3 aromatic rings. The van der Waals surface area contributed by atoms with Crippen molar-refractivity contribution in [3.8, 4) is 0 Å². The summed E-state index contributed by atoms with van der Waals surface area (Å²) in [4.78, 5) is 29.1. The SMILES string of the molecule is CCc1cccc(CC)c1NC(=O)CCn1cnc2c(cnn2C)c1=O. The summed E-state index contributed by atoms with van der Waals surface area (Å²) >= 11 is 0. The van der Waals surface area contributed by atoms with Crippen LogP contribution in [0, 0.1) is 0 Å². The number of carbonyl (C=O) groups excluding carboxylic acids is 1. The average molecular weight is 353 g/mol. The number of rotatable bonds is 6. The Morgan fingerprint density at radius 3 is 2.54 bits per heavy atom. The fourth-order valence-electron chi connectivity index (χ4n) is 3.05. The molecule has 26 heavy (non-hydrogen) atoms. The third kappa shape index (κ3) is 3.37. The number of fused-ring (bicyclic) bond motifs is 1. The molecule has 2 aromatic heterocycles. The van der Waals surface area contributed by atoms with E-state index in [2.05, 4.69) is 29.2 Å².